The summed E-state index contributed by atoms with van der Waals surface area (Å²) in [5.41, 5.74) is 0. The molecule has 0 aromatic carbocycles. The van der Waals surface area contributed by atoms with Gasteiger partial charge >= 0.3 is 5.97 Å². The van der Waals surface area contributed by atoms with Crippen LogP contribution in [0, 0.1) is 5.92 Å². The Labute approximate surface area is 85.8 Å². The Bertz CT molecular complexity index is 187. The van der Waals surface area contributed by atoms with Crippen LogP contribution in [0.3, 0.4) is 0 Å². The summed E-state index contributed by atoms with van der Waals surface area (Å²) in [7, 11) is 0. The lowest BCUT2D eigenvalue weighted by Crippen LogP contribution is -2.20. The van der Waals surface area contributed by atoms with E-state index in [2.05, 4.69) is 11.7 Å². The molecule has 0 aromatic heterocycles. The molecule has 0 aliphatic carbocycles. The molecule has 0 saturated carbocycles. The van der Waals surface area contributed by atoms with Crippen LogP contribution < -0.4 is 0 Å². The third-order valence-corrected chi connectivity index (χ3v) is 2.27. The van der Waals surface area contributed by atoms with E-state index in [1.54, 1.807) is 0 Å². The van der Waals surface area contributed by atoms with E-state index < -0.39 is 0 Å². The average Bonchev–Trinajstić information content (AvgIpc) is 2.16. The first-order chi connectivity index (χ1) is 6.61. The third-order valence-electron chi connectivity index (χ3n) is 2.27. The molecule has 3 heteroatoms. The smallest absolute Gasteiger partial charge is 0.303 e. The lowest BCUT2D eigenvalue weighted by molar-refractivity contribution is -0.147. The standard InChI is InChI=1S/C11H20O3/c1-4-6-7-10(5-2)11(13)8-14-9(3)12/h10H,4-8H2,1-3H3. The summed E-state index contributed by atoms with van der Waals surface area (Å²) in [5.74, 6) is -0.269. The van der Waals surface area contributed by atoms with E-state index in [0.29, 0.717) is 0 Å². The molecule has 0 amide bonds. The normalized spacial score (nSPS) is 12.2. The Kier molecular flexibility index (Phi) is 7.07. The summed E-state index contributed by atoms with van der Waals surface area (Å²) in [6.45, 7) is 5.35. The first kappa shape index (κ1) is 13.1. The Morgan fingerprint density at radius 3 is 2.36 bits per heavy atom. The van der Waals surface area contributed by atoms with Crippen molar-refractivity contribution in [1.29, 1.82) is 0 Å². The molecule has 0 bridgehead atoms. The number of ether oxygens (including phenoxy) is 1. The van der Waals surface area contributed by atoms with Crippen LogP contribution in [-0.4, -0.2) is 18.4 Å². The van der Waals surface area contributed by atoms with Crippen LogP contribution in [0.1, 0.15) is 46.5 Å². The zero-order valence-corrected chi connectivity index (χ0v) is 9.34. The molecular formula is C11H20O3. The summed E-state index contributed by atoms with van der Waals surface area (Å²) in [6.07, 6.45) is 3.90. The lowest BCUT2D eigenvalue weighted by Gasteiger charge is -2.12. The van der Waals surface area contributed by atoms with Crippen molar-refractivity contribution < 1.29 is 14.3 Å². The second-order valence-electron chi connectivity index (χ2n) is 3.49. The van der Waals surface area contributed by atoms with Gasteiger partial charge in [-0.15, -0.1) is 0 Å². The number of unbranched alkanes of at least 4 members (excludes halogenated alkanes) is 1. The highest BCUT2D eigenvalue weighted by Crippen LogP contribution is 2.13. The highest BCUT2D eigenvalue weighted by molar-refractivity contribution is 5.84. The summed E-state index contributed by atoms with van der Waals surface area (Å²) >= 11 is 0. The summed E-state index contributed by atoms with van der Waals surface area (Å²) < 4.78 is 4.68. The van der Waals surface area contributed by atoms with Gasteiger partial charge in [-0.25, -0.2) is 0 Å². The summed E-state index contributed by atoms with van der Waals surface area (Å²) in [4.78, 5) is 22.0. The first-order valence-corrected chi connectivity index (χ1v) is 5.27. The van der Waals surface area contributed by atoms with E-state index in [0.717, 1.165) is 25.7 Å². The number of carbonyl (C=O) groups is 2. The Morgan fingerprint density at radius 1 is 1.29 bits per heavy atom. The quantitative estimate of drug-likeness (QED) is 0.592. The third kappa shape index (κ3) is 5.73. The number of carbonyl (C=O) groups excluding carboxylic acids is 2. The highest BCUT2D eigenvalue weighted by Gasteiger charge is 2.16. The minimum atomic E-state index is -0.385. The van der Waals surface area contributed by atoms with Gasteiger partial charge in [0.2, 0.25) is 0 Å². The van der Waals surface area contributed by atoms with Crippen LogP contribution >= 0.6 is 0 Å². The molecule has 0 radical (unpaired) electrons. The first-order valence-electron chi connectivity index (χ1n) is 5.27. The molecule has 0 aromatic rings. The Morgan fingerprint density at radius 2 is 1.93 bits per heavy atom. The molecule has 82 valence electrons. The molecular weight excluding hydrogens is 180 g/mol. The van der Waals surface area contributed by atoms with Gasteiger partial charge in [-0.3, -0.25) is 9.59 Å². The SMILES string of the molecule is CCCCC(CC)C(=O)COC(C)=O. The van der Waals surface area contributed by atoms with Crippen molar-refractivity contribution in [3.8, 4) is 0 Å². The number of hydrogen-bond acceptors (Lipinski definition) is 3. The lowest BCUT2D eigenvalue weighted by atomic mass is 9.95. The number of esters is 1. The van der Waals surface area contributed by atoms with Crippen molar-refractivity contribution in [2.24, 2.45) is 5.92 Å². The van der Waals surface area contributed by atoms with E-state index in [-0.39, 0.29) is 24.3 Å². The fourth-order valence-electron chi connectivity index (χ4n) is 1.33. The topological polar surface area (TPSA) is 43.4 Å². The highest BCUT2D eigenvalue weighted by atomic mass is 16.5. The van der Waals surface area contributed by atoms with Crippen LogP contribution in [0.2, 0.25) is 0 Å². The fourth-order valence-corrected chi connectivity index (χ4v) is 1.33. The molecule has 0 N–H and O–H groups in total. The van der Waals surface area contributed by atoms with Gasteiger partial charge in [-0.1, -0.05) is 26.7 Å². The Hall–Kier alpha value is -0.860. The fraction of sp³-hybridized carbons (Fsp3) is 0.818. The van der Waals surface area contributed by atoms with Crippen molar-refractivity contribution in [2.75, 3.05) is 6.61 Å². The van der Waals surface area contributed by atoms with Crippen LogP contribution in [0.25, 0.3) is 0 Å². The van der Waals surface area contributed by atoms with Crippen molar-refractivity contribution in [1.82, 2.24) is 0 Å². The summed E-state index contributed by atoms with van der Waals surface area (Å²) in [5, 5.41) is 0. The number of hydrogen-bond donors (Lipinski definition) is 0. The maximum atomic E-state index is 11.5. The van der Waals surface area contributed by atoms with E-state index in [9.17, 15) is 9.59 Å². The molecule has 1 atom stereocenters. The van der Waals surface area contributed by atoms with Crippen LogP contribution in [0.4, 0.5) is 0 Å². The maximum Gasteiger partial charge on any atom is 0.303 e. The minimum Gasteiger partial charge on any atom is -0.458 e. The van der Waals surface area contributed by atoms with Gasteiger partial charge in [0.05, 0.1) is 0 Å². The largest absolute Gasteiger partial charge is 0.458 e. The second kappa shape index (κ2) is 7.54. The number of ketones is 1. The zero-order chi connectivity index (χ0) is 11.0. The van der Waals surface area contributed by atoms with Gasteiger partial charge in [0.25, 0.3) is 0 Å². The predicted octanol–water partition coefficient (Wildman–Crippen LogP) is 2.33. The molecule has 3 nitrogen and oxygen atoms in total. The zero-order valence-electron chi connectivity index (χ0n) is 9.34. The molecule has 14 heavy (non-hydrogen) atoms. The van der Waals surface area contributed by atoms with Gasteiger partial charge in [0, 0.05) is 12.8 Å². The van der Waals surface area contributed by atoms with Crippen LogP contribution in [0.15, 0.2) is 0 Å². The van der Waals surface area contributed by atoms with Gasteiger partial charge in [-0.05, 0) is 12.8 Å². The van der Waals surface area contributed by atoms with E-state index >= 15 is 0 Å². The second-order valence-corrected chi connectivity index (χ2v) is 3.49. The van der Waals surface area contributed by atoms with Crippen molar-refractivity contribution in [3.63, 3.8) is 0 Å². The van der Waals surface area contributed by atoms with E-state index in [1.165, 1.54) is 6.92 Å². The van der Waals surface area contributed by atoms with Gasteiger partial charge in [0.1, 0.15) is 6.61 Å². The van der Waals surface area contributed by atoms with Crippen LogP contribution in [-0.2, 0) is 14.3 Å². The monoisotopic (exact) mass is 200 g/mol. The minimum absolute atomic E-state index is 0.0520. The molecule has 0 saturated heterocycles. The number of Topliss-reactive ketones (excluding diaryl/α,β-unsaturated/α-hetero) is 1. The molecule has 1 unspecified atom stereocenters. The molecule has 0 heterocycles. The van der Waals surface area contributed by atoms with Crippen molar-refractivity contribution in [2.45, 2.75) is 46.5 Å². The average molecular weight is 200 g/mol. The predicted molar refractivity (Wildman–Crippen MR) is 54.9 cm³/mol. The Balaban J connectivity index is 3.85. The number of rotatable bonds is 7. The molecule has 0 aliphatic rings. The molecule has 0 aliphatic heterocycles. The van der Waals surface area contributed by atoms with Gasteiger partial charge in [0.15, 0.2) is 5.78 Å². The van der Waals surface area contributed by atoms with E-state index in [4.69, 9.17) is 0 Å². The van der Waals surface area contributed by atoms with Crippen molar-refractivity contribution >= 4 is 11.8 Å². The van der Waals surface area contributed by atoms with Gasteiger partial charge in [-0.2, -0.15) is 0 Å². The maximum absolute atomic E-state index is 11.5. The molecule has 0 spiro atoms. The van der Waals surface area contributed by atoms with Crippen molar-refractivity contribution in [3.05, 3.63) is 0 Å². The summed E-state index contributed by atoms with van der Waals surface area (Å²) in [6, 6.07) is 0. The van der Waals surface area contributed by atoms with Crippen LogP contribution in [0.5, 0.6) is 0 Å². The molecule has 0 fully saturated rings. The van der Waals surface area contributed by atoms with E-state index in [1.807, 2.05) is 6.92 Å². The van der Waals surface area contributed by atoms with Gasteiger partial charge < -0.3 is 4.74 Å². The molecule has 0 rings (SSSR count).